The van der Waals surface area contributed by atoms with Gasteiger partial charge >= 0.3 is 0 Å². The van der Waals surface area contributed by atoms with E-state index in [-0.39, 0.29) is 5.91 Å². The average Bonchev–Trinajstić information content (AvgIpc) is 2.28. The Labute approximate surface area is 98.6 Å². The summed E-state index contributed by atoms with van der Waals surface area (Å²) in [4.78, 5) is 11.3. The zero-order valence-electron chi connectivity index (χ0n) is 10.6. The molecule has 0 radical (unpaired) electrons. The van der Waals surface area contributed by atoms with Crippen molar-refractivity contribution in [2.24, 2.45) is 5.92 Å². The third kappa shape index (κ3) is 4.12. The Hall–Kier alpha value is -0.570. The highest BCUT2D eigenvalue weighted by atomic mass is 16.3. The summed E-state index contributed by atoms with van der Waals surface area (Å²) in [5.74, 6) is 0.833. The van der Waals surface area contributed by atoms with Gasteiger partial charge in [-0.1, -0.05) is 20.3 Å². The molecule has 1 rings (SSSR count). The maximum atomic E-state index is 11.3. The molecule has 1 aliphatic rings. The van der Waals surface area contributed by atoms with Crippen LogP contribution in [0.15, 0.2) is 0 Å². The predicted octanol–water partition coefficient (Wildman–Crippen LogP) is 2.23. The molecule has 16 heavy (non-hydrogen) atoms. The van der Waals surface area contributed by atoms with E-state index in [1.807, 2.05) is 6.92 Å². The molecule has 0 aromatic carbocycles. The first-order valence-corrected chi connectivity index (χ1v) is 6.58. The van der Waals surface area contributed by atoms with Gasteiger partial charge in [-0.05, 0) is 38.0 Å². The molecule has 0 spiro atoms. The lowest BCUT2D eigenvalue weighted by molar-refractivity contribution is -0.122. The van der Waals surface area contributed by atoms with Crippen molar-refractivity contribution in [1.29, 1.82) is 0 Å². The van der Waals surface area contributed by atoms with E-state index in [4.69, 9.17) is 0 Å². The van der Waals surface area contributed by atoms with Gasteiger partial charge in [0.15, 0.2) is 0 Å². The Morgan fingerprint density at radius 1 is 1.38 bits per heavy atom. The summed E-state index contributed by atoms with van der Waals surface area (Å²) in [6.07, 6.45) is 6.48. The lowest BCUT2D eigenvalue weighted by atomic mass is 9.78. The Morgan fingerprint density at radius 2 is 2.00 bits per heavy atom. The van der Waals surface area contributed by atoms with Gasteiger partial charge in [-0.15, -0.1) is 0 Å². The van der Waals surface area contributed by atoms with Gasteiger partial charge in [0, 0.05) is 13.0 Å². The molecule has 3 nitrogen and oxygen atoms in total. The first-order valence-electron chi connectivity index (χ1n) is 6.58. The molecule has 0 saturated heterocycles. The Bertz CT molecular complexity index is 220. The van der Waals surface area contributed by atoms with Crippen molar-refractivity contribution in [2.45, 2.75) is 64.4 Å². The number of nitrogens with one attached hydrogen (secondary N) is 1. The fourth-order valence-corrected chi connectivity index (χ4v) is 2.38. The molecule has 94 valence electrons. The molecular formula is C13H25NO2. The molecule has 0 atom stereocenters. The summed E-state index contributed by atoms with van der Waals surface area (Å²) in [5, 5.41) is 13.1. The Kier molecular flexibility index (Phi) is 5.26. The minimum Gasteiger partial charge on any atom is -0.388 e. The molecule has 1 saturated carbocycles. The molecule has 1 fully saturated rings. The van der Waals surface area contributed by atoms with Gasteiger partial charge in [-0.3, -0.25) is 4.79 Å². The molecule has 2 N–H and O–H groups in total. The van der Waals surface area contributed by atoms with Crippen LogP contribution in [-0.2, 0) is 4.79 Å². The van der Waals surface area contributed by atoms with E-state index >= 15 is 0 Å². The van der Waals surface area contributed by atoms with E-state index in [1.165, 1.54) is 6.42 Å². The van der Waals surface area contributed by atoms with Gasteiger partial charge in [0.1, 0.15) is 0 Å². The maximum absolute atomic E-state index is 11.3. The van der Waals surface area contributed by atoms with E-state index in [0.29, 0.717) is 13.0 Å². The zero-order valence-corrected chi connectivity index (χ0v) is 10.6. The fourth-order valence-electron chi connectivity index (χ4n) is 2.38. The molecule has 0 bridgehead atoms. The number of hydrogen-bond donors (Lipinski definition) is 2. The van der Waals surface area contributed by atoms with Crippen LogP contribution in [0.4, 0.5) is 0 Å². The van der Waals surface area contributed by atoms with E-state index in [1.54, 1.807) is 0 Å². The van der Waals surface area contributed by atoms with Crippen LogP contribution in [0.25, 0.3) is 0 Å². The molecule has 0 unspecified atom stereocenters. The number of aliphatic hydroxyl groups is 1. The average molecular weight is 227 g/mol. The zero-order chi connectivity index (χ0) is 12.0. The van der Waals surface area contributed by atoms with Gasteiger partial charge in [-0.25, -0.2) is 0 Å². The lowest BCUT2D eigenvalue weighted by Gasteiger charge is -2.35. The second-order valence-electron chi connectivity index (χ2n) is 5.10. The van der Waals surface area contributed by atoms with Crippen LogP contribution in [0.5, 0.6) is 0 Å². The Balaban J connectivity index is 2.28. The van der Waals surface area contributed by atoms with Crippen LogP contribution >= 0.6 is 0 Å². The van der Waals surface area contributed by atoms with E-state index in [9.17, 15) is 9.90 Å². The largest absolute Gasteiger partial charge is 0.388 e. The summed E-state index contributed by atoms with van der Waals surface area (Å²) in [7, 11) is 0. The predicted molar refractivity (Wildman–Crippen MR) is 65.1 cm³/mol. The van der Waals surface area contributed by atoms with Crippen molar-refractivity contribution in [3.05, 3.63) is 0 Å². The smallest absolute Gasteiger partial charge is 0.220 e. The minimum atomic E-state index is -0.644. The quantitative estimate of drug-likeness (QED) is 0.756. The standard InChI is InChI=1S/C13H25NO2/c1-3-5-12(15)14-10-13(16)8-6-11(4-2)7-9-13/h11,16H,3-10H2,1-2H3,(H,14,15). The summed E-state index contributed by atoms with van der Waals surface area (Å²) in [5.41, 5.74) is -0.644. The number of carbonyl (C=O) groups is 1. The summed E-state index contributed by atoms with van der Waals surface area (Å²) >= 11 is 0. The number of amides is 1. The van der Waals surface area contributed by atoms with Crippen LogP contribution < -0.4 is 5.32 Å². The van der Waals surface area contributed by atoms with Crippen LogP contribution in [0.2, 0.25) is 0 Å². The molecular weight excluding hydrogens is 202 g/mol. The van der Waals surface area contributed by atoms with Gasteiger partial charge in [0.05, 0.1) is 5.60 Å². The van der Waals surface area contributed by atoms with Gasteiger partial charge in [0.2, 0.25) is 5.91 Å². The van der Waals surface area contributed by atoms with Crippen molar-refractivity contribution in [2.75, 3.05) is 6.54 Å². The van der Waals surface area contributed by atoms with E-state index < -0.39 is 5.60 Å². The second-order valence-corrected chi connectivity index (χ2v) is 5.10. The van der Waals surface area contributed by atoms with Gasteiger partial charge < -0.3 is 10.4 Å². The first-order chi connectivity index (χ1) is 7.59. The van der Waals surface area contributed by atoms with E-state index in [2.05, 4.69) is 12.2 Å². The summed E-state index contributed by atoms with van der Waals surface area (Å²) in [6.45, 7) is 4.63. The van der Waals surface area contributed by atoms with Crippen molar-refractivity contribution >= 4 is 5.91 Å². The third-order valence-corrected chi connectivity index (χ3v) is 3.70. The van der Waals surface area contributed by atoms with Gasteiger partial charge in [-0.2, -0.15) is 0 Å². The fraction of sp³-hybridized carbons (Fsp3) is 0.923. The number of rotatable bonds is 5. The van der Waals surface area contributed by atoms with Crippen molar-refractivity contribution in [3.8, 4) is 0 Å². The summed E-state index contributed by atoms with van der Waals surface area (Å²) < 4.78 is 0. The maximum Gasteiger partial charge on any atom is 0.220 e. The highest BCUT2D eigenvalue weighted by molar-refractivity contribution is 5.75. The van der Waals surface area contributed by atoms with Crippen LogP contribution in [0.1, 0.15) is 58.8 Å². The second kappa shape index (κ2) is 6.24. The van der Waals surface area contributed by atoms with E-state index in [0.717, 1.165) is 38.0 Å². The van der Waals surface area contributed by atoms with Crippen molar-refractivity contribution in [3.63, 3.8) is 0 Å². The molecule has 3 heteroatoms. The highest BCUT2D eigenvalue weighted by Gasteiger charge is 2.32. The lowest BCUT2D eigenvalue weighted by Crippen LogP contribution is -2.45. The monoisotopic (exact) mass is 227 g/mol. The number of hydrogen-bond acceptors (Lipinski definition) is 2. The minimum absolute atomic E-state index is 0.0635. The first kappa shape index (κ1) is 13.5. The molecule has 1 aliphatic carbocycles. The molecule has 0 aromatic rings. The SMILES string of the molecule is CCCC(=O)NCC1(O)CCC(CC)CC1. The van der Waals surface area contributed by atoms with Crippen LogP contribution in [0, 0.1) is 5.92 Å². The van der Waals surface area contributed by atoms with Gasteiger partial charge in [0.25, 0.3) is 0 Å². The topological polar surface area (TPSA) is 49.3 Å². The summed E-state index contributed by atoms with van der Waals surface area (Å²) in [6, 6.07) is 0. The highest BCUT2D eigenvalue weighted by Crippen LogP contribution is 2.33. The van der Waals surface area contributed by atoms with Crippen LogP contribution in [0.3, 0.4) is 0 Å². The molecule has 0 aliphatic heterocycles. The third-order valence-electron chi connectivity index (χ3n) is 3.70. The van der Waals surface area contributed by atoms with Crippen LogP contribution in [-0.4, -0.2) is 23.2 Å². The molecule has 0 heterocycles. The van der Waals surface area contributed by atoms with Crippen molar-refractivity contribution in [1.82, 2.24) is 5.32 Å². The molecule has 1 amide bonds. The van der Waals surface area contributed by atoms with Crippen molar-refractivity contribution < 1.29 is 9.90 Å². The molecule has 0 aromatic heterocycles. The Morgan fingerprint density at radius 3 is 2.50 bits per heavy atom. The number of carbonyl (C=O) groups excluding carboxylic acids is 1. The normalized spacial score (nSPS) is 30.1.